The van der Waals surface area contributed by atoms with E-state index < -0.39 is 0 Å². The topological polar surface area (TPSA) is 66.9 Å². The van der Waals surface area contributed by atoms with E-state index in [0.29, 0.717) is 18.9 Å². The molecule has 0 aliphatic heterocycles. The van der Waals surface area contributed by atoms with Crippen LogP contribution in [-0.4, -0.2) is 15.9 Å². The largest absolute Gasteiger partial charge is 0.365 e. The maximum Gasteiger partial charge on any atom is 0.271 e. The lowest BCUT2D eigenvalue weighted by Crippen LogP contribution is -2.24. The summed E-state index contributed by atoms with van der Waals surface area (Å²) in [7, 11) is 0. The SMILES string of the molecule is Cc1ccccc1CNC(=O)c1cnc(NCc2ccc(F)cc2)cn1. The summed E-state index contributed by atoms with van der Waals surface area (Å²) >= 11 is 0. The van der Waals surface area contributed by atoms with Crippen molar-refractivity contribution in [2.45, 2.75) is 20.0 Å². The van der Waals surface area contributed by atoms with Gasteiger partial charge in [-0.25, -0.2) is 14.4 Å². The normalized spacial score (nSPS) is 10.4. The fourth-order valence-electron chi connectivity index (χ4n) is 2.41. The molecule has 3 rings (SSSR count). The van der Waals surface area contributed by atoms with Crippen molar-refractivity contribution in [3.8, 4) is 0 Å². The third-order valence-corrected chi connectivity index (χ3v) is 3.97. The smallest absolute Gasteiger partial charge is 0.271 e. The number of hydrogen-bond donors (Lipinski definition) is 2. The zero-order valence-corrected chi connectivity index (χ0v) is 14.4. The van der Waals surface area contributed by atoms with Crippen LogP contribution in [0.5, 0.6) is 0 Å². The Hall–Kier alpha value is -3.28. The molecule has 5 nitrogen and oxygen atoms in total. The summed E-state index contributed by atoms with van der Waals surface area (Å²) in [6, 6.07) is 14.1. The van der Waals surface area contributed by atoms with E-state index in [-0.39, 0.29) is 17.4 Å². The summed E-state index contributed by atoms with van der Waals surface area (Å²) in [6.45, 7) is 2.94. The number of aryl methyl sites for hydroxylation is 1. The Morgan fingerprint density at radius 1 is 1.00 bits per heavy atom. The Kier molecular flexibility index (Phi) is 5.53. The Morgan fingerprint density at radius 2 is 1.77 bits per heavy atom. The van der Waals surface area contributed by atoms with Crippen LogP contribution in [-0.2, 0) is 13.1 Å². The standard InChI is InChI=1S/C20H19FN4O/c1-14-4-2-3-5-16(14)11-25-20(26)18-12-24-19(13-22-18)23-10-15-6-8-17(21)9-7-15/h2-9,12-13H,10-11H2,1H3,(H,23,24)(H,25,26). The van der Waals surface area contributed by atoms with Crippen molar-refractivity contribution in [1.29, 1.82) is 0 Å². The number of aromatic nitrogens is 2. The monoisotopic (exact) mass is 350 g/mol. The molecule has 0 spiro atoms. The molecular formula is C20H19FN4O. The van der Waals surface area contributed by atoms with E-state index in [1.807, 2.05) is 31.2 Å². The van der Waals surface area contributed by atoms with Gasteiger partial charge in [-0.3, -0.25) is 4.79 Å². The molecule has 1 heterocycles. The molecule has 0 radical (unpaired) electrons. The molecule has 0 aliphatic carbocycles. The van der Waals surface area contributed by atoms with Gasteiger partial charge in [-0.2, -0.15) is 0 Å². The van der Waals surface area contributed by atoms with Gasteiger partial charge >= 0.3 is 0 Å². The van der Waals surface area contributed by atoms with E-state index in [1.165, 1.54) is 24.5 Å². The highest BCUT2D eigenvalue weighted by atomic mass is 19.1. The van der Waals surface area contributed by atoms with Crippen LogP contribution in [0.2, 0.25) is 0 Å². The minimum Gasteiger partial charge on any atom is -0.365 e. The van der Waals surface area contributed by atoms with Gasteiger partial charge < -0.3 is 10.6 Å². The molecule has 1 aromatic heterocycles. The van der Waals surface area contributed by atoms with Crippen molar-refractivity contribution in [2.75, 3.05) is 5.32 Å². The second-order valence-electron chi connectivity index (χ2n) is 5.88. The first-order valence-corrected chi connectivity index (χ1v) is 8.25. The first kappa shape index (κ1) is 17.5. The number of carbonyl (C=O) groups is 1. The molecule has 2 N–H and O–H groups in total. The van der Waals surface area contributed by atoms with Gasteiger partial charge in [0.2, 0.25) is 0 Å². The maximum atomic E-state index is 12.9. The lowest BCUT2D eigenvalue weighted by atomic mass is 10.1. The van der Waals surface area contributed by atoms with Crippen LogP contribution in [0.4, 0.5) is 10.2 Å². The van der Waals surface area contributed by atoms with E-state index >= 15 is 0 Å². The van der Waals surface area contributed by atoms with Crippen molar-refractivity contribution in [2.24, 2.45) is 0 Å². The second-order valence-corrected chi connectivity index (χ2v) is 5.88. The van der Waals surface area contributed by atoms with Crippen LogP contribution in [0, 0.1) is 12.7 Å². The van der Waals surface area contributed by atoms with Gasteiger partial charge in [-0.15, -0.1) is 0 Å². The van der Waals surface area contributed by atoms with Gasteiger partial charge in [-0.1, -0.05) is 36.4 Å². The van der Waals surface area contributed by atoms with Crippen molar-refractivity contribution >= 4 is 11.7 Å². The van der Waals surface area contributed by atoms with Gasteiger partial charge in [0.05, 0.1) is 12.4 Å². The number of benzene rings is 2. The Morgan fingerprint density at radius 3 is 2.46 bits per heavy atom. The second kappa shape index (κ2) is 8.20. The molecule has 0 bridgehead atoms. The third-order valence-electron chi connectivity index (χ3n) is 3.97. The summed E-state index contributed by atoms with van der Waals surface area (Å²) in [5.41, 5.74) is 3.37. The highest BCUT2D eigenvalue weighted by Gasteiger charge is 2.08. The van der Waals surface area contributed by atoms with Crippen LogP contribution >= 0.6 is 0 Å². The molecule has 2 aromatic carbocycles. The molecule has 0 fully saturated rings. The summed E-state index contributed by atoms with van der Waals surface area (Å²) in [5, 5.41) is 5.93. The molecule has 6 heteroatoms. The molecule has 132 valence electrons. The van der Waals surface area contributed by atoms with Crippen LogP contribution < -0.4 is 10.6 Å². The van der Waals surface area contributed by atoms with Crippen LogP contribution in [0.15, 0.2) is 60.9 Å². The predicted octanol–water partition coefficient (Wildman–Crippen LogP) is 3.47. The fraction of sp³-hybridized carbons (Fsp3) is 0.150. The third kappa shape index (κ3) is 4.63. The van der Waals surface area contributed by atoms with Gasteiger partial charge in [0.15, 0.2) is 0 Å². The fourth-order valence-corrected chi connectivity index (χ4v) is 2.41. The number of rotatable bonds is 6. The molecule has 0 atom stereocenters. The number of anilines is 1. The molecule has 3 aromatic rings. The summed E-state index contributed by atoms with van der Waals surface area (Å²) < 4.78 is 12.9. The van der Waals surface area contributed by atoms with Crippen molar-refractivity contribution in [3.63, 3.8) is 0 Å². The van der Waals surface area contributed by atoms with Crippen molar-refractivity contribution < 1.29 is 9.18 Å². The zero-order valence-electron chi connectivity index (χ0n) is 14.4. The Balaban J connectivity index is 1.54. The van der Waals surface area contributed by atoms with Crippen molar-refractivity contribution in [3.05, 3.63) is 89.1 Å². The molecule has 1 amide bonds. The number of nitrogens with one attached hydrogen (secondary N) is 2. The van der Waals surface area contributed by atoms with Crippen LogP contribution in [0.25, 0.3) is 0 Å². The first-order valence-electron chi connectivity index (χ1n) is 8.25. The highest BCUT2D eigenvalue weighted by Crippen LogP contribution is 2.08. The van der Waals surface area contributed by atoms with Gasteiger partial charge in [0.1, 0.15) is 17.3 Å². The Labute approximate surface area is 151 Å². The molecule has 26 heavy (non-hydrogen) atoms. The summed E-state index contributed by atoms with van der Waals surface area (Å²) in [4.78, 5) is 20.5. The van der Waals surface area contributed by atoms with Gasteiger partial charge in [0, 0.05) is 13.1 Å². The van der Waals surface area contributed by atoms with E-state index in [1.54, 1.807) is 12.1 Å². The summed E-state index contributed by atoms with van der Waals surface area (Å²) in [5.74, 6) is 0.00483. The van der Waals surface area contributed by atoms with E-state index in [4.69, 9.17) is 0 Å². The molecule has 0 aliphatic rings. The lowest BCUT2D eigenvalue weighted by Gasteiger charge is -2.08. The predicted molar refractivity (Wildman–Crippen MR) is 98.1 cm³/mol. The zero-order chi connectivity index (χ0) is 18.4. The lowest BCUT2D eigenvalue weighted by molar-refractivity contribution is 0.0945. The number of nitrogens with zero attached hydrogens (tertiary/aromatic N) is 2. The number of halogens is 1. The minimum absolute atomic E-state index is 0.255. The van der Waals surface area contributed by atoms with E-state index in [0.717, 1.165) is 16.7 Å². The van der Waals surface area contributed by atoms with Gasteiger partial charge in [0.25, 0.3) is 5.91 Å². The Bertz CT molecular complexity index is 879. The number of hydrogen-bond acceptors (Lipinski definition) is 4. The van der Waals surface area contributed by atoms with E-state index in [9.17, 15) is 9.18 Å². The summed E-state index contributed by atoms with van der Waals surface area (Å²) in [6.07, 6.45) is 2.94. The van der Waals surface area contributed by atoms with Crippen LogP contribution in [0.3, 0.4) is 0 Å². The quantitative estimate of drug-likeness (QED) is 0.714. The first-order chi connectivity index (χ1) is 12.6. The maximum absolute atomic E-state index is 12.9. The van der Waals surface area contributed by atoms with E-state index in [2.05, 4.69) is 20.6 Å². The average molecular weight is 350 g/mol. The highest BCUT2D eigenvalue weighted by molar-refractivity contribution is 5.91. The molecule has 0 unspecified atom stereocenters. The average Bonchev–Trinajstić information content (AvgIpc) is 2.67. The molecular weight excluding hydrogens is 331 g/mol. The van der Waals surface area contributed by atoms with Gasteiger partial charge in [-0.05, 0) is 35.7 Å². The van der Waals surface area contributed by atoms with Crippen LogP contribution in [0.1, 0.15) is 27.2 Å². The number of carbonyl (C=O) groups excluding carboxylic acids is 1. The minimum atomic E-state index is -0.272. The van der Waals surface area contributed by atoms with Crippen molar-refractivity contribution in [1.82, 2.24) is 15.3 Å². The molecule has 0 saturated heterocycles. The molecule has 0 saturated carbocycles. The number of amides is 1.